The highest BCUT2D eigenvalue weighted by Gasteiger charge is 2.44. The van der Waals surface area contributed by atoms with Gasteiger partial charge in [-0.1, -0.05) is 35.2 Å². The molecule has 0 unspecified atom stereocenters. The van der Waals surface area contributed by atoms with Gasteiger partial charge >= 0.3 is 11.9 Å². The van der Waals surface area contributed by atoms with Crippen molar-refractivity contribution in [2.45, 2.75) is 71.6 Å². The van der Waals surface area contributed by atoms with Crippen molar-refractivity contribution in [1.82, 2.24) is 0 Å². The van der Waals surface area contributed by atoms with Crippen LogP contribution in [0.15, 0.2) is 0 Å². The van der Waals surface area contributed by atoms with Gasteiger partial charge in [0.05, 0.1) is 24.5 Å². The molecule has 0 amide bonds. The zero-order valence-corrected chi connectivity index (χ0v) is 16.2. The van der Waals surface area contributed by atoms with Crippen LogP contribution in [-0.4, -0.2) is 30.5 Å². The molecule has 2 aliphatic carbocycles. The van der Waals surface area contributed by atoms with Gasteiger partial charge in [-0.05, 0) is 52.4 Å². The molecule has 4 nitrogen and oxygen atoms in total. The topological polar surface area (TPSA) is 52.6 Å². The first-order valence-electron chi connectivity index (χ1n) is 8.99. The SMILES string of the molecule is CCOC(=O)C1(CCCCBr)CCC1.CCOC(=O)C1CCC1. The largest absolute Gasteiger partial charge is 0.466 e. The van der Waals surface area contributed by atoms with Crippen molar-refractivity contribution in [3.05, 3.63) is 0 Å². The zero-order valence-electron chi connectivity index (χ0n) is 14.6. The van der Waals surface area contributed by atoms with E-state index in [0.29, 0.717) is 13.2 Å². The van der Waals surface area contributed by atoms with Gasteiger partial charge in [0, 0.05) is 5.33 Å². The lowest BCUT2D eigenvalue weighted by Gasteiger charge is -2.39. The summed E-state index contributed by atoms with van der Waals surface area (Å²) in [4.78, 5) is 22.5. The number of carbonyl (C=O) groups is 2. The van der Waals surface area contributed by atoms with E-state index in [0.717, 1.165) is 50.3 Å². The fraction of sp³-hybridized carbons (Fsp3) is 0.889. The number of carbonyl (C=O) groups excluding carboxylic acids is 2. The first kappa shape index (κ1) is 20.5. The van der Waals surface area contributed by atoms with E-state index < -0.39 is 0 Å². The van der Waals surface area contributed by atoms with E-state index in [1.807, 2.05) is 13.8 Å². The number of hydrogen-bond acceptors (Lipinski definition) is 4. The molecule has 2 rings (SSSR count). The molecular weight excluding hydrogens is 360 g/mol. The van der Waals surface area contributed by atoms with Crippen LogP contribution in [0.1, 0.15) is 71.6 Å². The molecular formula is C18H31BrO4. The molecule has 0 aliphatic heterocycles. The van der Waals surface area contributed by atoms with Gasteiger partial charge in [-0.3, -0.25) is 9.59 Å². The van der Waals surface area contributed by atoms with Crippen LogP contribution >= 0.6 is 15.9 Å². The molecule has 5 heteroatoms. The number of ether oxygens (including phenoxy) is 2. The van der Waals surface area contributed by atoms with Gasteiger partial charge in [0.25, 0.3) is 0 Å². The molecule has 0 bridgehead atoms. The number of halogens is 1. The van der Waals surface area contributed by atoms with E-state index in [9.17, 15) is 9.59 Å². The fourth-order valence-electron chi connectivity index (χ4n) is 2.91. The number of hydrogen-bond donors (Lipinski definition) is 0. The maximum atomic E-state index is 11.7. The fourth-order valence-corrected chi connectivity index (χ4v) is 3.30. The van der Waals surface area contributed by atoms with E-state index in [-0.39, 0.29) is 23.3 Å². The summed E-state index contributed by atoms with van der Waals surface area (Å²) in [6, 6.07) is 0. The summed E-state index contributed by atoms with van der Waals surface area (Å²) in [6.45, 7) is 4.76. The van der Waals surface area contributed by atoms with Crippen LogP contribution in [0.2, 0.25) is 0 Å². The lowest BCUT2D eigenvalue weighted by Crippen LogP contribution is -2.39. The lowest BCUT2D eigenvalue weighted by molar-refractivity contribution is -0.161. The van der Waals surface area contributed by atoms with E-state index in [4.69, 9.17) is 9.47 Å². The molecule has 0 N–H and O–H groups in total. The second-order valence-corrected chi connectivity index (χ2v) is 7.17. The van der Waals surface area contributed by atoms with Gasteiger partial charge in [0.1, 0.15) is 0 Å². The van der Waals surface area contributed by atoms with Gasteiger partial charge in [-0.15, -0.1) is 0 Å². The second-order valence-electron chi connectivity index (χ2n) is 6.38. The van der Waals surface area contributed by atoms with Crippen LogP contribution in [0.5, 0.6) is 0 Å². The Labute approximate surface area is 148 Å². The Kier molecular flexibility index (Phi) is 9.84. The molecule has 0 atom stereocenters. The third-order valence-corrected chi connectivity index (χ3v) is 5.34. The minimum Gasteiger partial charge on any atom is -0.466 e. The second kappa shape index (κ2) is 11.1. The van der Waals surface area contributed by atoms with Crippen LogP contribution in [0.25, 0.3) is 0 Å². The maximum absolute atomic E-state index is 11.7. The molecule has 0 aromatic rings. The predicted octanol–water partition coefficient (Wildman–Crippen LogP) is 4.63. The molecule has 0 aromatic heterocycles. The Morgan fingerprint density at radius 1 is 1.04 bits per heavy atom. The van der Waals surface area contributed by atoms with Crippen molar-refractivity contribution in [2.24, 2.45) is 11.3 Å². The highest BCUT2D eigenvalue weighted by atomic mass is 79.9. The molecule has 23 heavy (non-hydrogen) atoms. The van der Waals surface area contributed by atoms with Gasteiger partial charge in [-0.2, -0.15) is 0 Å². The molecule has 0 radical (unpaired) electrons. The Bertz CT molecular complexity index is 362. The van der Waals surface area contributed by atoms with Crippen molar-refractivity contribution < 1.29 is 19.1 Å². The number of esters is 2. The summed E-state index contributed by atoms with van der Waals surface area (Å²) < 4.78 is 9.94. The number of unbranched alkanes of at least 4 members (excludes halogenated alkanes) is 1. The monoisotopic (exact) mass is 390 g/mol. The minimum atomic E-state index is -0.0990. The summed E-state index contributed by atoms with van der Waals surface area (Å²) in [5, 5.41) is 1.03. The third kappa shape index (κ3) is 6.44. The molecule has 2 saturated carbocycles. The van der Waals surface area contributed by atoms with Crippen molar-refractivity contribution in [3.63, 3.8) is 0 Å². The Hall–Kier alpha value is -0.580. The van der Waals surface area contributed by atoms with E-state index >= 15 is 0 Å². The van der Waals surface area contributed by atoms with Gasteiger partial charge < -0.3 is 9.47 Å². The highest BCUT2D eigenvalue weighted by molar-refractivity contribution is 9.09. The van der Waals surface area contributed by atoms with Crippen molar-refractivity contribution in [2.75, 3.05) is 18.5 Å². The zero-order chi connectivity index (χ0) is 17.1. The predicted molar refractivity (Wildman–Crippen MR) is 94.5 cm³/mol. The normalized spacial score (nSPS) is 18.7. The van der Waals surface area contributed by atoms with Crippen molar-refractivity contribution in [3.8, 4) is 0 Å². The van der Waals surface area contributed by atoms with Crippen LogP contribution in [0.4, 0.5) is 0 Å². The lowest BCUT2D eigenvalue weighted by atomic mass is 9.66. The van der Waals surface area contributed by atoms with Gasteiger partial charge in [-0.25, -0.2) is 0 Å². The number of alkyl halides is 1. The highest BCUT2D eigenvalue weighted by Crippen LogP contribution is 2.46. The van der Waals surface area contributed by atoms with Crippen molar-refractivity contribution in [1.29, 1.82) is 0 Å². The molecule has 0 saturated heterocycles. The summed E-state index contributed by atoms with van der Waals surface area (Å²) in [5.41, 5.74) is -0.0990. The standard InChI is InChI=1S/C11H19BrO2.C7H12O2/c1-2-14-10(13)11(7-5-8-11)6-3-4-9-12;1-2-9-7(8)6-4-3-5-6/h2-9H2,1H3;6H,2-5H2,1H3. The number of rotatable bonds is 8. The van der Waals surface area contributed by atoms with E-state index in [1.165, 1.54) is 12.8 Å². The smallest absolute Gasteiger partial charge is 0.312 e. The maximum Gasteiger partial charge on any atom is 0.312 e. The van der Waals surface area contributed by atoms with Gasteiger partial charge in [0.15, 0.2) is 0 Å². The minimum absolute atomic E-state index is 0.00347. The molecule has 2 aliphatic rings. The van der Waals surface area contributed by atoms with Crippen LogP contribution in [0.3, 0.4) is 0 Å². The van der Waals surface area contributed by atoms with E-state index in [2.05, 4.69) is 15.9 Å². The Morgan fingerprint density at radius 3 is 2.09 bits per heavy atom. The molecule has 134 valence electrons. The quantitative estimate of drug-likeness (QED) is 0.344. The Balaban J connectivity index is 0.000000253. The summed E-state index contributed by atoms with van der Waals surface area (Å²) in [6.07, 6.45) is 9.83. The first-order valence-corrected chi connectivity index (χ1v) is 10.1. The summed E-state index contributed by atoms with van der Waals surface area (Å²) >= 11 is 3.41. The average Bonchev–Trinajstić information content (AvgIpc) is 2.41. The van der Waals surface area contributed by atoms with Gasteiger partial charge in [0.2, 0.25) is 0 Å². The van der Waals surface area contributed by atoms with Crippen LogP contribution < -0.4 is 0 Å². The van der Waals surface area contributed by atoms with Crippen molar-refractivity contribution >= 4 is 27.9 Å². The van der Waals surface area contributed by atoms with E-state index in [1.54, 1.807) is 0 Å². The average molecular weight is 391 g/mol. The first-order chi connectivity index (χ1) is 11.1. The Morgan fingerprint density at radius 2 is 1.70 bits per heavy atom. The van der Waals surface area contributed by atoms with Crippen LogP contribution in [0, 0.1) is 11.3 Å². The summed E-state index contributed by atoms with van der Waals surface area (Å²) in [5.74, 6) is 0.287. The van der Waals surface area contributed by atoms with Crippen LogP contribution in [-0.2, 0) is 19.1 Å². The molecule has 0 aromatic carbocycles. The molecule has 0 spiro atoms. The molecule has 0 heterocycles. The third-order valence-electron chi connectivity index (χ3n) is 4.78. The molecule has 2 fully saturated rings. The summed E-state index contributed by atoms with van der Waals surface area (Å²) in [7, 11) is 0.